The van der Waals surface area contributed by atoms with Gasteiger partial charge in [0.05, 0.1) is 0 Å². The van der Waals surface area contributed by atoms with Crippen LogP contribution in [0.4, 0.5) is 13.2 Å². The lowest BCUT2D eigenvalue weighted by molar-refractivity contribution is -0.170. The highest BCUT2D eigenvalue weighted by Crippen LogP contribution is 2.17. The quantitative estimate of drug-likeness (QED) is 0.485. The van der Waals surface area contributed by atoms with Crippen molar-refractivity contribution in [3.8, 4) is 0 Å². The van der Waals surface area contributed by atoms with Crippen LogP contribution in [0.2, 0.25) is 0 Å². The van der Waals surface area contributed by atoms with Gasteiger partial charge in [-0.2, -0.15) is 13.2 Å². The second-order valence-electron chi connectivity index (χ2n) is 2.74. The Kier molecular flexibility index (Phi) is 5.42. The molecule has 0 aromatic rings. The number of ketones is 1. The van der Waals surface area contributed by atoms with E-state index in [-0.39, 0.29) is 0 Å². The summed E-state index contributed by atoms with van der Waals surface area (Å²) in [5.41, 5.74) is 0. The third kappa shape index (κ3) is 6.37. The lowest BCUT2D eigenvalue weighted by atomic mass is 10.2. The van der Waals surface area contributed by atoms with E-state index < -0.39 is 18.4 Å². The first-order valence-electron chi connectivity index (χ1n) is 4.23. The third-order valence-electron chi connectivity index (χ3n) is 1.51. The van der Waals surface area contributed by atoms with E-state index in [9.17, 15) is 18.0 Å². The zero-order valence-corrected chi connectivity index (χ0v) is 7.53. The molecule has 0 saturated carbocycles. The highest BCUT2D eigenvalue weighted by molar-refractivity contribution is 5.85. The van der Waals surface area contributed by atoms with Crippen molar-refractivity contribution in [2.45, 2.75) is 38.8 Å². The van der Waals surface area contributed by atoms with Crippen molar-refractivity contribution in [1.29, 1.82) is 0 Å². The topological polar surface area (TPSA) is 17.1 Å². The minimum atomic E-state index is -4.69. The van der Waals surface area contributed by atoms with E-state index in [4.69, 9.17) is 0 Å². The minimum Gasteiger partial charge on any atom is -0.289 e. The lowest BCUT2D eigenvalue weighted by Gasteiger charge is -2.00. The standard InChI is InChI=1S/C9H13F3O/c1-2-3-4-5-6-7-8(13)9(10,11)12/h5-6H,2-4,7H2,1H3/b6-5+. The first kappa shape index (κ1) is 12.2. The number of hydrogen-bond donors (Lipinski definition) is 0. The first-order chi connectivity index (χ1) is 5.98. The summed E-state index contributed by atoms with van der Waals surface area (Å²) in [6.07, 6.45) is 0.358. The molecule has 0 spiro atoms. The van der Waals surface area contributed by atoms with Gasteiger partial charge in [-0.1, -0.05) is 31.9 Å². The van der Waals surface area contributed by atoms with Gasteiger partial charge in [0.2, 0.25) is 5.78 Å². The van der Waals surface area contributed by atoms with Gasteiger partial charge >= 0.3 is 6.18 Å². The number of carbonyl (C=O) groups excluding carboxylic acids is 1. The third-order valence-corrected chi connectivity index (χ3v) is 1.51. The minimum absolute atomic E-state index is 0.535. The van der Waals surface area contributed by atoms with Crippen LogP contribution in [0.15, 0.2) is 12.2 Å². The van der Waals surface area contributed by atoms with Gasteiger partial charge in [-0.25, -0.2) is 0 Å². The second kappa shape index (κ2) is 5.78. The van der Waals surface area contributed by atoms with E-state index in [1.807, 2.05) is 6.92 Å². The van der Waals surface area contributed by atoms with Crippen LogP contribution in [0.3, 0.4) is 0 Å². The van der Waals surface area contributed by atoms with Gasteiger partial charge in [-0.3, -0.25) is 4.79 Å². The molecule has 0 aromatic heterocycles. The number of hydrogen-bond acceptors (Lipinski definition) is 1. The molecule has 1 nitrogen and oxygen atoms in total. The molecular formula is C9H13F3O. The van der Waals surface area contributed by atoms with Crippen LogP contribution in [-0.4, -0.2) is 12.0 Å². The summed E-state index contributed by atoms with van der Waals surface area (Å²) < 4.78 is 34.9. The number of unbranched alkanes of at least 4 members (excludes halogenated alkanes) is 2. The molecule has 0 atom stereocenters. The van der Waals surface area contributed by atoms with Crippen LogP contribution >= 0.6 is 0 Å². The Morgan fingerprint density at radius 3 is 2.38 bits per heavy atom. The van der Waals surface area contributed by atoms with Gasteiger partial charge in [0.1, 0.15) is 0 Å². The fraction of sp³-hybridized carbons (Fsp3) is 0.667. The summed E-state index contributed by atoms with van der Waals surface area (Å²) >= 11 is 0. The van der Waals surface area contributed by atoms with Gasteiger partial charge in [-0.15, -0.1) is 0 Å². The molecule has 0 unspecified atom stereocenters. The predicted molar refractivity (Wildman–Crippen MR) is 44.3 cm³/mol. The molecule has 0 radical (unpaired) electrons. The Hall–Kier alpha value is -0.800. The molecule has 0 saturated heterocycles. The molecule has 13 heavy (non-hydrogen) atoms. The Bertz CT molecular complexity index is 182. The van der Waals surface area contributed by atoms with Gasteiger partial charge in [-0.05, 0) is 6.42 Å². The molecule has 0 aromatic carbocycles. The molecule has 76 valence electrons. The number of halogens is 3. The fourth-order valence-corrected chi connectivity index (χ4v) is 0.746. The van der Waals surface area contributed by atoms with Gasteiger partial charge < -0.3 is 0 Å². The van der Waals surface area contributed by atoms with Crippen LogP contribution in [0.25, 0.3) is 0 Å². The molecule has 0 heterocycles. The Morgan fingerprint density at radius 2 is 1.92 bits per heavy atom. The van der Waals surface area contributed by atoms with E-state index in [0.29, 0.717) is 0 Å². The second-order valence-corrected chi connectivity index (χ2v) is 2.74. The summed E-state index contributed by atoms with van der Waals surface area (Å²) in [4.78, 5) is 10.3. The predicted octanol–water partition coefficient (Wildman–Crippen LogP) is 3.25. The fourth-order valence-electron chi connectivity index (χ4n) is 0.746. The van der Waals surface area contributed by atoms with E-state index >= 15 is 0 Å². The molecule has 0 fully saturated rings. The van der Waals surface area contributed by atoms with Crippen molar-refractivity contribution in [3.63, 3.8) is 0 Å². The molecule has 0 aliphatic rings. The lowest BCUT2D eigenvalue weighted by Crippen LogP contribution is -2.21. The normalized spacial score (nSPS) is 12.3. The summed E-state index contributed by atoms with van der Waals surface area (Å²) in [6.45, 7) is 1.99. The first-order valence-corrected chi connectivity index (χ1v) is 4.23. The SMILES string of the molecule is CCCC/C=C/CC(=O)C(F)(F)F. The summed E-state index contributed by atoms with van der Waals surface area (Å²) in [5, 5.41) is 0. The van der Waals surface area contributed by atoms with Crippen LogP contribution in [0.5, 0.6) is 0 Å². The smallest absolute Gasteiger partial charge is 0.289 e. The molecule has 0 amide bonds. The van der Waals surface area contributed by atoms with E-state index in [2.05, 4.69) is 0 Å². The average Bonchev–Trinajstić information content (AvgIpc) is 2.02. The molecule has 0 N–H and O–H groups in total. The summed E-state index contributed by atoms with van der Waals surface area (Å²) in [6, 6.07) is 0. The van der Waals surface area contributed by atoms with Crippen LogP contribution in [0.1, 0.15) is 32.6 Å². The average molecular weight is 194 g/mol. The zero-order valence-electron chi connectivity index (χ0n) is 7.53. The molecule has 0 rings (SSSR count). The van der Waals surface area contributed by atoms with E-state index in [1.165, 1.54) is 6.08 Å². The maximum atomic E-state index is 11.6. The number of allylic oxidation sites excluding steroid dienone is 2. The van der Waals surface area contributed by atoms with Crippen molar-refractivity contribution < 1.29 is 18.0 Å². The maximum Gasteiger partial charge on any atom is 0.450 e. The Balaban J connectivity index is 3.64. The van der Waals surface area contributed by atoms with Gasteiger partial charge in [0, 0.05) is 6.42 Å². The van der Waals surface area contributed by atoms with Crippen molar-refractivity contribution in [3.05, 3.63) is 12.2 Å². The summed E-state index contributed by atoms with van der Waals surface area (Å²) in [7, 11) is 0. The molecule has 0 bridgehead atoms. The van der Waals surface area contributed by atoms with Crippen molar-refractivity contribution >= 4 is 5.78 Å². The molecule has 4 heteroatoms. The molecular weight excluding hydrogens is 181 g/mol. The van der Waals surface area contributed by atoms with Crippen molar-refractivity contribution in [1.82, 2.24) is 0 Å². The molecule has 0 aliphatic carbocycles. The van der Waals surface area contributed by atoms with Crippen LogP contribution in [-0.2, 0) is 4.79 Å². The maximum absolute atomic E-state index is 11.6. The summed E-state index contributed by atoms with van der Waals surface area (Å²) in [5.74, 6) is -1.68. The zero-order chi connectivity index (χ0) is 10.3. The monoisotopic (exact) mass is 194 g/mol. The van der Waals surface area contributed by atoms with Gasteiger partial charge in [0.25, 0.3) is 0 Å². The number of Topliss-reactive ketones (excluding diaryl/α,β-unsaturated/α-hetero) is 1. The van der Waals surface area contributed by atoms with Crippen molar-refractivity contribution in [2.24, 2.45) is 0 Å². The number of alkyl halides is 3. The Labute approximate surface area is 75.6 Å². The van der Waals surface area contributed by atoms with Crippen LogP contribution in [0, 0.1) is 0 Å². The van der Waals surface area contributed by atoms with E-state index in [0.717, 1.165) is 19.3 Å². The number of carbonyl (C=O) groups is 1. The molecule has 0 aliphatic heterocycles. The highest BCUT2D eigenvalue weighted by atomic mass is 19.4. The largest absolute Gasteiger partial charge is 0.450 e. The van der Waals surface area contributed by atoms with Gasteiger partial charge in [0.15, 0.2) is 0 Å². The van der Waals surface area contributed by atoms with E-state index in [1.54, 1.807) is 6.08 Å². The Morgan fingerprint density at radius 1 is 1.31 bits per heavy atom. The van der Waals surface area contributed by atoms with Crippen LogP contribution < -0.4 is 0 Å². The highest BCUT2D eigenvalue weighted by Gasteiger charge is 2.36. The number of rotatable bonds is 5. The van der Waals surface area contributed by atoms with Crippen molar-refractivity contribution in [2.75, 3.05) is 0 Å².